The maximum atomic E-state index is 13.3. The number of likely N-dealkylation sites (tertiary alicyclic amines) is 1. The van der Waals surface area contributed by atoms with Gasteiger partial charge in [-0.05, 0) is 44.7 Å². The number of amides is 1. The van der Waals surface area contributed by atoms with Crippen molar-refractivity contribution in [1.82, 2.24) is 14.9 Å². The number of carbonyl (C=O) groups excluding carboxylic acids is 1. The summed E-state index contributed by atoms with van der Waals surface area (Å²) in [7, 11) is 6.65. The van der Waals surface area contributed by atoms with E-state index in [4.69, 9.17) is 19.2 Å². The Morgan fingerprint density at radius 3 is 2.19 bits per heavy atom. The van der Waals surface area contributed by atoms with Crippen molar-refractivity contribution in [2.45, 2.75) is 39.7 Å². The average molecular weight is 443 g/mol. The molecule has 2 aromatic rings. The Balaban J connectivity index is 2.06. The summed E-state index contributed by atoms with van der Waals surface area (Å²) in [6.45, 7) is 7.89. The molecule has 0 bridgehead atoms. The molecular formula is C24H34N4O4. The van der Waals surface area contributed by atoms with Gasteiger partial charge in [-0.15, -0.1) is 0 Å². The third-order valence-electron chi connectivity index (χ3n) is 6.10. The molecule has 1 aliphatic rings. The van der Waals surface area contributed by atoms with Gasteiger partial charge in [0.2, 0.25) is 5.75 Å². The zero-order valence-corrected chi connectivity index (χ0v) is 20.1. The topological polar surface area (TPSA) is 77.0 Å². The first-order valence-electron chi connectivity index (χ1n) is 11.0. The molecule has 0 unspecified atom stereocenters. The molecule has 8 heteroatoms. The third-order valence-corrected chi connectivity index (χ3v) is 6.10. The van der Waals surface area contributed by atoms with E-state index in [1.165, 1.54) is 0 Å². The molecule has 1 saturated heterocycles. The van der Waals surface area contributed by atoms with Crippen molar-refractivity contribution in [2.24, 2.45) is 5.92 Å². The second kappa shape index (κ2) is 10.1. The van der Waals surface area contributed by atoms with Crippen LogP contribution in [-0.4, -0.2) is 68.3 Å². The van der Waals surface area contributed by atoms with Gasteiger partial charge < -0.3 is 24.0 Å². The summed E-state index contributed by atoms with van der Waals surface area (Å²) < 4.78 is 16.4. The zero-order valence-electron chi connectivity index (χ0n) is 20.1. The minimum absolute atomic E-state index is 0.0177. The molecule has 32 heavy (non-hydrogen) atoms. The minimum Gasteiger partial charge on any atom is -0.493 e. The molecule has 0 spiro atoms. The van der Waals surface area contributed by atoms with E-state index in [0.717, 1.165) is 25.9 Å². The molecule has 174 valence electrons. The molecule has 0 radical (unpaired) electrons. The maximum absolute atomic E-state index is 13.3. The van der Waals surface area contributed by atoms with Crippen molar-refractivity contribution in [1.29, 1.82) is 0 Å². The summed E-state index contributed by atoms with van der Waals surface area (Å²) in [4.78, 5) is 26.6. The molecule has 0 atom stereocenters. The third kappa shape index (κ3) is 4.74. The predicted molar refractivity (Wildman–Crippen MR) is 125 cm³/mol. The lowest BCUT2D eigenvalue weighted by atomic mass is 9.99. The molecule has 1 amide bonds. The Morgan fingerprint density at radius 2 is 1.69 bits per heavy atom. The molecule has 1 aliphatic heterocycles. The van der Waals surface area contributed by atoms with Gasteiger partial charge in [-0.2, -0.15) is 0 Å². The van der Waals surface area contributed by atoms with Crippen LogP contribution in [0.1, 0.15) is 44.0 Å². The smallest absolute Gasteiger partial charge is 0.259 e. The van der Waals surface area contributed by atoms with E-state index in [0.29, 0.717) is 45.9 Å². The monoisotopic (exact) mass is 442 g/mol. The second-order valence-electron chi connectivity index (χ2n) is 8.52. The molecule has 1 aromatic heterocycles. The van der Waals surface area contributed by atoms with Gasteiger partial charge in [-0.1, -0.05) is 6.92 Å². The van der Waals surface area contributed by atoms with E-state index in [-0.39, 0.29) is 11.9 Å². The van der Waals surface area contributed by atoms with Crippen LogP contribution < -0.4 is 19.1 Å². The van der Waals surface area contributed by atoms with Crippen molar-refractivity contribution in [2.75, 3.05) is 46.4 Å². The Morgan fingerprint density at radius 1 is 1.09 bits per heavy atom. The first kappa shape index (κ1) is 23.6. The molecule has 2 heterocycles. The molecule has 8 nitrogen and oxygen atoms in total. The lowest BCUT2D eigenvalue weighted by molar-refractivity contribution is 0.0697. The normalized spacial score (nSPS) is 14.4. The largest absolute Gasteiger partial charge is 0.493 e. The standard InChI is InChI=1S/C24H34N4O4/c1-15(2)27(4)23-18(24(29)28-10-8-16(3)9-11-28)14-25-22(26-23)17-12-19(30-5)21(32-7)20(13-17)31-6/h12-16H,8-11H2,1-7H3. The number of hydrogen-bond donors (Lipinski definition) is 0. The lowest BCUT2D eigenvalue weighted by Gasteiger charge is -2.32. The SMILES string of the molecule is COc1cc(-c2ncc(C(=O)N3CCC(C)CC3)c(N(C)C(C)C)n2)cc(OC)c1OC. The number of rotatable bonds is 7. The number of hydrogen-bond acceptors (Lipinski definition) is 7. The first-order chi connectivity index (χ1) is 15.3. The molecule has 3 rings (SSSR count). The van der Waals surface area contributed by atoms with Crippen LogP contribution >= 0.6 is 0 Å². The average Bonchev–Trinajstić information content (AvgIpc) is 2.82. The number of anilines is 1. The van der Waals surface area contributed by atoms with E-state index in [1.807, 2.05) is 29.0 Å². The van der Waals surface area contributed by atoms with Gasteiger partial charge in [0.1, 0.15) is 11.4 Å². The quantitative estimate of drug-likeness (QED) is 0.644. The van der Waals surface area contributed by atoms with Crippen molar-refractivity contribution < 1.29 is 19.0 Å². The van der Waals surface area contributed by atoms with Gasteiger partial charge in [-0.3, -0.25) is 4.79 Å². The van der Waals surface area contributed by atoms with Crippen molar-refractivity contribution >= 4 is 11.7 Å². The van der Waals surface area contributed by atoms with Crippen molar-refractivity contribution in [3.05, 3.63) is 23.9 Å². The molecule has 1 aromatic carbocycles. The molecular weight excluding hydrogens is 408 g/mol. The van der Waals surface area contributed by atoms with Crippen LogP contribution in [0.5, 0.6) is 17.2 Å². The fourth-order valence-electron chi connectivity index (χ4n) is 3.77. The van der Waals surface area contributed by atoms with Crippen LogP contribution in [0.3, 0.4) is 0 Å². The summed E-state index contributed by atoms with van der Waals surface area (Å²) in [5, 5.41) is 0. The summed E-state index contributed by atoms with van der Waals surface area (Å²) >= 11 is 0. The predicted octanol–water partition coefficient (Wildman–Crippen LogP) is 3.89. The van der Waals surface area contributed by atoms with E-state index in [9.17, 15) is 4.79 Å². The van der Waals surface area contributed by atoms with Crippen LogP contribution in [0.25, 0.3) is 11.4 Å². The van der Waals surface area contributed by atoms with Gasteiger partial charge in [-0.25, -0.2) is 9.97 Å². The number of ether oxygens (including phenoxy) is 3. The van der Waals surface area contributed by atoms with Gasteiger partial charge in [0.05, 0.1) is 21.3 Å². The second-order valence-corrected chi connectivity index (χ2v) is 8.52. The maximum Gasteiger partial charge on any atom is 0.259 e. The number of carbonyl (C=O) groups is 1. The number of methoxy groups -OCH3 is 3. The number of benzene rings is 1. The number of aromatic nitrogens is 2. The Labute approximate surface area is 190 Å². The van der Waals surface area contributed by atoms with Crippen LogP contribution in [0.4, 0.5) is 5.82 Å². The van der Waals surface area contributed by atoms with Gasteiger partial charge in [0.25, 0.3) is 5.91 Å². The fraction of sp³-hybridized carbons (Fsp3) is 0.542. The Kier molecular flexibility index (Phi) is 7.43. The van der Waals surface area contributed by atoms with Crippen LogP contribution in [0.2, 0.25) is 0 Å². The highest BCUT2D eigenvalue weighted by atomic mass is 16.5. The Bertz CT molecular complexity index is 930. The summed E-state index contributed by atoms with van der Waals surface area (Å²) in [6.07, 6.45) is 3.68. The van der Waals surface area contributed by atoms with Gasteiger partial charge in [0.15, 0.2) is 17.3 Å². The summed E-state index contributed by atoms with van der Waals surface area (Å²) in [6, 6.07) is 3.78. The molecule has 0 saturated carbocycles. The van der Waals surface area contributed by atoms with E-state index in [1.54, 1.807) is 27.5 Å². The highest BCUT2D eigenvalue weighted by Gasteiger charge is 2.27. The molecule has 0 aliphatic carbocycles. The van der Waals surface area contributed by atoms with E-state index >= 15 is 0 Å². The van der Waals surface area contributed by atoms with Crippen molar-refractivity contribution in [3.63, 3.8) is 0 Å². The number of piperidine rings is 1. The van der Waals surface area contributed by atoms with E-state index in [2.05, 4.69) is 25.8 Å². The first-order valence-corrected chi connectivity index (χ1v) is 11.0. The Hall–Kier alpha value is -3.03. The number of nitrogens with zero attached hydrogens (tertiary/aromatic N) is 4. The van der Waals surface area contributed by atoms with Gasteiger partial charge >= 0.3 is 0 Å². The van der Waals surface area contributed by atoms with Gasteiger partial charge in [0, 0.05) is 37.9 Å². The minimum atomic E-state index is -0.0177. The fourth-order valence-corrected chi connectivity index (χ4v) is 3.77. The highest BCUT2D eigenvalue weighted by molar-refractivity contribution is 5.99. The van der Waals surface area contributed by atoms with E-state index < -0.39 is 0 Å². The molecule has 0 N–H and O–H groups in total. The molecule has 1 fully saturated rings. The zero-order chi connectivity index (χ0) is 23.4. The highest BCUT2D eigenvalue weighted by Crippen LogP contribution is 2.41. The van der Waals surface area contributed by atoms with Crippen LogP contribution in [0, 0.1) is 5.92 Å². The van der Waals surface area contributed by atoms with Crippen LogP contribution in [-0.2, 0) is 0 Å². The van der Waals surface area contributed by atoms with Crippen molar-refractivity contribution in [3.8, 4) is 28.6 Å². The summed E-state index contributed by atoms with van der Waals surface area (Å²) in [5.41, 5.74) is 1.23. The lowest BCUT2D eigenvalue weighted by Crippen LogP contribution is -2.39. The van der Waals surface area contributed by atoms with Crippen LogP contribution in [0.15, 0.2) is 18.3 Å². The summed E-state index contributed by atoms with van der Waals surface area (Å²) in [5.74, 6) is 3.27.